The summed E-state index contributed by atoms with van der Waals surface area (Å²) < 4.78 is 10.4. The van der Waals surface area contributed by atoms with E-state index in [1.807, 2.05) is 6.92 Å². The number of ether oxygens (including phenoxy) is 2. The van der Waals surface area contributed by atoms with E-state index in [9.17, 15) is 4.79 Å². The number of aryl methyl sites for hydroxylation is 1. The fourth-order valence-electron chi connectivity index (χ4n) is 1.79. The van der Waals surface area contributed by atoms with Crippen molar-refractivity contribution >= 4 is 11.7 Å². The highest BCUT2D eigenvalue weighted by atomic mass is 16.5. The van der Waals surface area contributed by atoms with Gasteiger partial charge in [0, 0.05) is 23.5 Å². The zero-order valence-corrected chi connectivity index (χ0v) is 11.4. The first-order valence-electron chi connectivity index (χ1n) is 6.13. The van der Waals surface area contributed by atoms with Gasteiger partial charge in [-0.15, -0.1) is 0 Å². The molecule has 0 amide bonds. The molecule has 0 fully saturated rings. The van der Waals surface area contributed by atoms with Crippen LogP contribution in [0.5, 0.6) is 5.75 Å². The molecule has 1 aromatic heterocycles. The summed E-state index contributed by atoms with van der Waals surface area (Å²) in [6.45, 7) is 1.92. The number of hydrogen-bond acceptors (Lipinski definition) is 5. The molecule has 0 aliphatic rings. The summed E-state index contributed by atoms with van der Waals surface area (Å²) in [7, 11) is 1.58. The van der Waals surface area contributed by atoms with Crippen molar-refractivity contribution in [3.05, 3.63) is 53.3 Å². The van der Waals surface area contributed by atoms with Crippen molar-refractivity contribution < 1.29 is 14.3 Å². The molecule has 0 unspecified atom stereocenters. The second-order valence-corrected chi connectivity index (χ2v) is 4.30. The van der Waals surface area contributed by atoms with E-state index >= 15 is 0 Å². The summed E-state index contributed by atoms with van der Waals surface area (Å²) in [5.74, 6) is 0.216. The molecule has 104 valence electrons. The molecule has 2 N–H and O–H groups in total. The van der Waals surface area contributed by atoms with Gasteiger partial charge < -0.3 is 15.2 Å². The van der Waals surface area contributed by atoms with Gasteiger partial charge in [-0.25, -0.2) is 4.79 Å². The molecule has 0 saturated heterocycles. The van der Waals surface area contributed by atoms with E-state index < -0.39 is 5.97 Å². The molecule has 5 heteroatoms. The van der Waals surface area contributed by atoms with Gasteiger partial charge in [-0.05, 0) is 19.1 Å². The first-order valence-corrected chi connectivity index (χ1v) is 6.13. The quantitative estimate of drug-likeness (QED) is 0.683. The van der Waals surface area contributed by atoms with Gasteiger partial charge in [-0.1, -0.05) is 12.1 Å². The Morgan fingerprint density at radius 2 is 2.05 bits per heavy atom. The second-order valence-electron chi connectivity index (χ2n) is 4.30. The standard InChI is InChI=1S/C15H16N2O3/c1-10-7-12(19-2)8-11(17-10)9-20-15(18)13-5-3-4-6-14(13)16/h3-8H,9,16H2,1-2H3. The first-order chi connectivity index (χ1) is 9.60. The molecular weight excluding hydrogens is 256 g/mol. The summed E-state index contributed by atoms with van der Waals surface area (Å²) in [6.07, 6.45) is 0. The lowest BCUT2D eigenvalue weighted by Gasteiger charge is -2.08. The topological polar surface area (TPSA) is 74.4 Å². The maximum Gasteiger partial charge on any atom is 0.340 e. The van der Waals surface area contributed by atoms with Gasteiger partial charge in [-0.2, -0.15) is 0 Å². The SMILES string of the molecule is COc1cc(C)nc(COC(=O)c2ccccc2N)c1. The van der Waals surface area contributed by atoms with E-state index in [1.165, 1.54) is 0 Å². The molecular formula is C15H16N2O3. The number of nitrogen functional groups attached to an aromatic ring is 1. The minimum atomic E-state index is -0.467. The van der Waals surface area contributed by atoms with Crippen LogP contribution in [-0.4, -0.2) is 18.1 Å². The number of para-hydroxylation sites is 1. The molecule has 0 radical (unpaired) electrons. The van der Waals surface area contributed by atoms with Crippen molar-refractivity contribution in [1.29, 1.82) is 0 Å². The van der Waals surface area contributed by atoms with Crippen molar-refractivity contribution in [1.82, 2.24) is 4.98 Å². The molecule has 0 aliphatic heterocycles. The van der Waals surface area contributed by atoms with Crippen molar-refractivity contribution in [3.63, 3.8) is 0 Å². The zero-order valence-electron chi connectivity index (χ0n) is 11.4. The summed E-state index contributed by atoms with van der Waals surface area (Å²) >= 11 is 0. The number of hydrogen-bond donors (Lipinski definition) is 1. The smallest absolute Gasteiger partial charge is 0.340 e. The Morgan fingerprint density at radius 1 is 1.30 bits per heavy atom. The monoisotopic (exact) mass is 272 g/mol. The number of nitrogens with zero attached hydrogens (tertiary/aromatic N) is 1. The third-order valence-electron chi connectivity index (χ3n) is 2.75. The highest BCUT2D eigenvalue weighted by Gasteiger charge is 2.11. The lowest BCUT2D eigenvalue weighted by molar-refractivity contribution is 0.0468. The Kier molecular flexibility index (Phi) is 4.20. The Bertz CT molecular complexity index is 626. The molecule has 0 aliphatic carbocycles. The van der Waals surface area contributed by atoms with E-state index in [4.69, 9.17) is 15.2 Å². The Hall–Kier alpha value is -2.56. The Morgan fingerprint density at radius 3 is 2.75 bits per heavy atom. The summed E-state index contributed by atoms with van der Waals surface area (Å²) in [6, 6.07) is 10.3. The molecule has 1 aromatic carbocycles. The number of methoxy groups -OCH3 is 1. The summed E-state index contributed by atoms with van der Waals surface area (Å²) in [5.41, 5.74) is 7.90. The van der Waals surface area contributed by atoms with E-state index in [-0.39, 0.29) is 6.61 Å². The fraction of sp³-hybridized carbons (Fsp3) is 0.200. The number of aromatic nitrogens is 1. The van der Waals surface area contributed by atoms with Gasteiger partial charge in [0.25, 0.3) is 0 Å². The molecule has 0 bridgehead atoms. The van der Waals surface area contributed by atoms with E-state index in [1.54, 1.807) is 43.5 Å². The summed E-state index contributed by atoms with van der Waals surface area (Å²) in [4.78, 5) is 16.2. The highest BCUT2D eigenvalue weighted by molar-refractivity contribution is 5.94. The van der Waals surface area contributed by atoms with E-state index in [0.29, 0.717) is 22.7 Å². The minimum Gasteiger partial charge on any atom is -0.497 e. The van der Waals surface area contributed by atoms with Gasteiger partial charge in [0.05, 0.1) is 18.4 Å². The zero-order chi connectivity index (χ0) is 14.5. The highest BCUT2D eigenvalue weighted by Crippen LogP contribution is 2.16. The number of rotatable bonds is 4. The van der Waals surface area contributed by atoms with E-state index in [2.05, 4.69) is 4.98 Å². The third-order valence-corrected chi connectivity index (χ3v) is 2.75. The molecule has 20 heavy (non-hydrogen) atoms. The normalized spacial score (nSPS) is 10.1. The predicted octanol–water partition coefficient (Wildman–Crippen LogP) is 2.34. The molecule has 0 atom stereocenters. The van der Waals surface area contributed by atoms with Crippen molar-refractivity contribution in [2.75, 3.05) is 12.8 Å². The van der Waals surface area contributed by atoms with E-state index in [0.717, 1.165) is 5.69 Å². The number of pyridine rings is 1. The average Bonchev–Trinajstić information content (AvgIpc) is 2.44. The molecule has 2 aromatic rings. The largest absolute Gasteiger partial charge is 0.497 e. The van der Waals surface area contributed by atoms with Crippen LogP contribution >= 0.6 is 0 Å². The molecule has 2 rings (SSSR count). The maximum atomic E-state index is 11.9. The van der Waals surface area contributed by atoms with Gasteiger partial charge in [0.1, 0.15) is 12.4 Å². The summed E-state index contributed by atoms with van der Waals surface area (Å²) in [5, 5.41) is 0. The molecule has 1 heterocycles. The average molecular weight is 272 g/mol. The van der Waals surface area contributed by atoms with Gasteiger partial charge in [-0.3, -0.25) is 4.98 Å². The van der Waals surface area contributed by atoms with Crippen LogP contribution in [0.25, 0.3) is 0 Å². The minimum absolute atomic E-state index is 0.0746. The predicted molar refractivity (Wildman–Crippen MR) is 75.5 cm³/mol. The van der Waals surface area contributed by atoms with Crippen LogP contribution in [0, 0.1) is 6.92 Å². The number of nitrogens with two attached hydrogens (primary N) is 1. The van der Waals surface area contributed by atoms with Crippen LogP contribution in [-0.2, 0) is 11.3 Å². The number of benzene rings is 1. The number of carbonyl (C=O) groups excluding carboxylic acids is 1. The number of carbonyl (C=O) groups is 1. The van der Waals surface area contributed by atoms with Crippen LogP contribution < -0.4 is 10.5 Å². The molecule has 5 nitrogen and oxygen atoms in total. The van der Waals surface area contributed by atoms with Crippen LogP contribution in [0.15, 0.2) is 36.4 Å². The van der Waals surface area contributed by atoms with Crippen molar-refractivity contribution in [2.45, 2.75) is 13.5 Å². The van der Waals surface area contributed by atoms with Gasteiger partial charge in [0.2, 0.25) is 0 Å². The maximum absolute atomic E-state index is 11.9. The molecule has 0 saturated carbocycles. The fourth-order valence-corrected chi connectivity index (χ4v) is 1.79. The van der Waals surface area contributed by atoms with Gasteiger partial charge >= 0.3 is 5.97 Å². The number of anilines is 1. The van der Waals surface area contributed by atoms with Crippen molar-refractivity contribution in [3.8, 4) is 5.75 Å². The Labute approximate surface area is 117 Å². The lowest BCUT2D eigenvalue weighted by atomic mass is 10.2. The van der Waals surface area contributed by atoms with Crippen molar-refractivity contribution in [2.24, 2.45) is 0 Å². The number of esters is 1. The molecule has 0 spiro atoms. The van der Waals surface area contributed by atoms with Gasteiger partial charge in [0.15, 0.2) is 0 Å². The Balaban J connectivity index is 2.07. The van der Waals surface area contributed by atoms with Crippen LogP contribution in [0.2, 0.25) is 0 Å². The first kappa shape index (κ1) is 13.9. The van der Waals surface area contributed by atoms with Crippen LogP contribution in [0.3, 0.4) is 0 Å². The second kappa shape index (κ2) is 6.06. The van der Waals surface area contributed by atoms with Crippen LogP contribution in [0.4, 0.5) is 5.69 Å². The lowest BCUT2D eigenvalue weighted by Crippen LogP contribution is -2.09. The van der Waals surface area contributed by atoms with Crippen LogP contribution in [0.1, 0.15) is 21.7 Å². The third kappa shape index (κ3) is 3.26.